The lowest BCUT2D eigenvalue weighted by Crippen LogP contribution is -2.30. The summed E-state index contributed by atoms with van der Waals surface area (Å²) in [6.45, 7) is 0.427. The monoisotopic (exact) mass is 324 g/mol. The maximum atomic E-state index is 12.7. The molecule has 114 valence electrons. The molecular weight excluding hydrogens is 313 g/mol. The first-order chi connectivity index (χ1) is 10.3. The number of thiophene rings is 1. The number of rotatable bonds is 2. The molecule has 0 unspecified atom stereocenters. The quantitative estimate of drug-likeness (QED) is 0.714. The van der Waals surface area contributed by atoms with E-state index in [9.17, 15) is 18.0 Å². The fourth-order valence-corrected chi connectivity index (χ4v) is 3.05. The first-order valence-electron chi connectivity index (χ1n) is 6.47. The summed E-state index contributed by atoms with van der Waals surface area (Å²) in [5.74, 6) is 0. The molecule has 2 heterocycles. The van der Waals surface area contributed by atoms with Gasteiger partial charge in [0.05, 0.1) is 16.1 Å². The predicted octanol–water partition coefficient (Wildman–Crippen LogP) is 4.00. The number of aryl methyl sites for hydroxylation is 1. The minimum atomic E-state index is -4.48. The van der Waals surface area contributed by atoms with Crippen molar-refractivity contribution in [1.29, 1.82) is 0 Å². The van der Waals surface area contributed by atoms with Crippen LogP contribution in [0.15, 0.2) is 40.5 Å². The summed E-state index contributed by atoms with van der Waals surface area (Å²) in [5.41, 5.74) is 0.569. The number of nitrogens with zero attached hydrogens (tertiary/aromatic N) is 2. The van der Waals surface area contributed by atoms with E-state index in [1.165, 1.54) is 11.3 Å². The summed E-state index contributed by atoms with van der Waals surface area (Å²) in [5, 5.41) is 2.37. The molecule has 0 amide bonds. The normalized spacial score (nSPS) is 12.0. The third kappa shape index (κ3) is 2.76. The molecule has 0 atom stereocenters. The molecule has 0 N–H and O–H groups in total. The van der Waals surface area contributed by atoms with Gasteiger partial charge in [0.1, 0.15) is 6.54 Å². The largest absolute Gasteiger partial charge is 0.406 e. The maximum absolute atomic E-state index is 12.7. The average Bonchev–Trinajstić information content (AvgIpc) is 2.94. The molecule has 0 radical (unpaired) electrons. The highest BCUT2D eigenvalue weighted by Crippen LogP contribution is 2.30. The topological polar surface area (TPSA) is 34.9 Å². The molecule has 2 aromatic heterocycles. The molecule has 1 aromatic carbocycles. The summed E-state index contributed by atoms with van der Waals surface area (Å²) in [7, 11) is 0. The molecule has 0 aliphatic heterocycles. The summed E-state index contributed by atoms with van der Waals surface area (Å²) in [4.78, 5) is 16.7. The number of hydrogen-bond donors (Lipinski definition) is 0. The van der Waals surface area contributed by atoms with Gasteiger partial charge in [-0.25, -0.2) is 4.79 Å². The first kappa shape index (κ1) is 14.8. The third-order valence-electron chi connectivity index (χ3n) is 3.23. The molecule has 0 bridgehead atoms. The van der Waals surface area contributed by atoms with Crippen molar-refractivity contribution in [2.75, 3.05) is 0 Å². The Morgan fingerprint density at radius 2 is 2.05 bits per heavy atom. The van der Waals surface area contributed by atoms with Crippen LogP contribution in [0.4, 0.5) is 13.2 Å². The van der Waals surface area contributed by atoms with Crippen LogP contribution in [-0.2, 0) is 6.54 Å². The molecule has 0 fully saturated rings. The molecule has 0 saturated heterocycles. The van der Waals surface area contributed by atoms with E-state index in [1.54, 1.807) is 31.2 Å². The highest BCUT2D eigenvalue weighted by atomic mass is 32.1. The van der Waals surface area contributed by atoms with Gasteiger partial charge >= 0.3 is 11.9 Å². The van der Waals surface area contributed by atoms with Crippen LogP contribution in [0.5, 0.6) is 0 Å². The zero-order valence-corrected chi connectivity index (χ0v) is 12.3. The summed E-state index contributed by atoms with van der Waals surface area (Å²) >= 11 is 1.39. The molecular formula is C15H11F3N2OS. The number of halogens is 3. The van der Waals surface area contributed by atoms with E-state index >= 15 is 0 Å². The maximum Gasteiger partial charge on any atom is 0.406 e. The van der Waals surface area contributed by atoms with Crippen LogP contribution < -0.4 is 5.69 Å². The van der Waals surface area contributed by atoms with E-state index in [0.717, 1.165) is 10.4 Å². The second kappa shape index (κ2) is 5.24. The van der Waals surface area contributed by atoms with Gasteiger partial charge in [-0.05, 0) is 30.0 Å². The van der Waals surface area contributed by atoms with E-state index in [0.29, 0.717) is 15.6 Å². The van der Waals surface area contributed by atoms with Crippen molar-refractivity contribution in [1.82, 2.24) is 9.55 Å². The van der Waals surface area contributed by atoms with Crippen molar-refractivity contribution >= 4 is 22.2 Å². The van der Waals surface area contributed by atoms with E-state index in [2.05, 4.69) is 4.98 Å². The summed E-state index contributed by atoms with van der Waals surface area (Å²) in [6, 6.07) is 8.69. The van der Waals surface area contributed by atoms with Crippen LogP contribution in [0.25, 0.3) is 21.5 Å². The van der Waals surface area contributed by atoms with Crippen molar-refractivity contribution < 1.29 is 13.2 Å². The molecule has 0 spiro atoms. The summed E-state index contributed by atoms with van der Waals surface area (Å²) < 4.78 is 38.9. The Bertz CT molecular complexity index is 882. The van der Waals surface area contributed by atoms with E-state index in [-0.39, 0.29) is 5.52 Å². The Labute approximate surface area is 127 Å². The third-order valence-corrected chi connectivity index (χ3v) is 4.11. The van der Waals surface area contributed by atoms with Gasteiger partial charge in [0, 0.05) is 5.39 Å². The average molecular weight is 324 g/mol. The highest BCUT2D eigenvalue weighted by molar-refractivity contribution is 7.13. The summed E-state index contributed by atoms with van der Waals surface area (Å²) in [6.07, 6.45) is -4.48. The predicted molar refractivity (Wildman–Crippen MR) is 80.1 cm³/mol. The van der Waals surface area contributed by atoms with Crippen molar-refractivity contribution in [3.05, 3.63) is 51.8 Å². The van der Waals surface area contributed by atoms with Crippen LogP contribution in [0.1, 0.15) is 5.56 Å². The number of hydrogen-bond acceptors (Lipinski definition) is 3. The molecule has 3 rings (SSSR count). The van der Waals surface area contributed by atoms with Gasteiger partial charge in [0.15, 0.2) is 0 Å². The second-order valence-corrected chi connectivity index (χ2v) is 5.89. The number of alkyl halides is 3. The number of benzene rings is 1. The van der Waals surface area contributed by atoms with E-state index in [4.69, 9.17) is 0 Å². The lowest BCUT2D eigenvalue weighted by atomic mass is 10.1. The second-order valence-electron chi connectivity index (χ2n) is 4.94. The fraction of sp³-hybridized carbons (Fsp3) is 0.200. The Morgan fingerprint density at radius 1 is 1.27 bits per heavy atom. The number of fused-ring (bicyclic) bond motifs is 1. The molecule has 0 aliphatic rings. The Balaban J connectivity index is 2.35. The molecule has 22 heavy (non-hydrogen) atoms. The Kier molecular flexibility index (Phi) is 3.52. The van der Waals surface area contributed by atoms with Gasteiger partial charge in [-0.3, -0.25) is 4.57 Å². The van der Waals surface area contributed by atoms with Crippen molar-refractivity contribution in [2.24, 2.45) is 0 Å². The lowest BCUT2D eigenvalue weighted by Gasteiger charge is -2.14. The SMILES string of the molecule is Cc1ccc2c(-c3cccs3)nc(=O)n(CC(F)(F)F)c2c1. The minimum Gasteiger partial charge on any atom is -0.283 e. The molecule has 0 saturated carbocycles. The van der Waals surface area contributed by atoms with Crippen LogP contribution in [-0.4, -0.2) is 15.7 Å². The zero-order chi connectivity index (χ0) is 15.9. The Hall–Kier alpha value is -2.15. The van der Waals surface area contributed by atoms with Gasteiger partial charge in [-0.15, -0.1) is 11.3 Å². The van der Waals surface area contributed by atoms with Gasteiger partial charge in [0.25, 0.3) is 0 Å². The van der Waals surface area contributed by atoms with Crippen LogP contribution in [0, 0.1) is 6.92 Å². The van der Waals surface area contributed by atoms with E-state index < -0.39 is 18.4 Å². The van der Waals surface area contributed by atoms with E-state index in [1.807, 2.05) is 11.4 Å². The number of aromatic nitrogens is 2. The molecule has 3 nitrogen and oxygen atoms in total. The van der Waals surface area contributed by atoms with Crippen molar-refractivity contribution in [2.45, 2.75) is 19.6 Å². The van der Waals surface area contributed by atoms with Gasteiger partial charge in [-0.2, -0.15) is 18.2 Å². The molecule has 3 aromatic rings. The highest BCUT2D eigenvalue weighted by Gasteiger charge is 2.30. The van der Waals surface area contributed by atoms with Gasteiger partial charge in [0.2, 0.25) is 0 Å². The van der Waals surface area contributed by atoms with Crippen molar-refractivity contribution in [3.8, 4) is 10.6 Å². The minimum absolute atomic E-state index is 0.251. The lowest BCUT2D eigenvalue weighted by molar-refractivity contribution is -0.140. The van der Waals surface area contributed by atoms with Crippen LogP contribution >= 0.6 is 11.3 Å². The fourth-order valence-electron chi connectivity index (χ4n) is 2.32. The van der Waals surface area contributed by atoms with Crippen LogP contribution in [0.3, 0.4) is 0 Å². The zero-order valence-electron chi connectivity index (χ0n) is 11.5. The molecule has 0 aliphatic carbocycles. The van der Waals surface area contributed by atoms with Crippen LogP contribution in [0.2, 0.25) is 0 Å². The van der Waals surface area contributed by atoms with Crippen molar-refractivity contribution in [3.63, 3.8) is 0 Å². The standard InChI is InChI=1S/C15H11F3N2OS/c1-9-4-5-10-11(7-9)20(8-15(16,17)18)14(21)19-13(10)12-3-2-6-22-12/h2-7H,8H2,1H3. The van der Waals surface area contributed by atoms with Gasteiger partial charge < -0.3 is 0 Å². The van der Waals surface area contributed by atoms with Gasteiger partial charge in [-0.1, -0.05) is 18.2 Å². The smallest absolute Gasteiger partial charge is 0.283 e. The Morgan fingerprint density at radius 3 is 2.68 bits per heavy atom. The molecule has 7 heteroatoms. The first-order valence-corrected chi connectivity index (χ1v) is 7.35.